The van der Waals surface area contributed by atoms with Crippen LogP contribution in [0.15, 0.2) is 18.2 Å². The molecule has 0 spiro atoms. The molecule has 0 unspecified atom stereocenters. The Hall–Kier alpha value is -1.71. The summed E-state index contributed by atoms with van der Waals surface area (Å²) >= 11 is 0. The third-order valence-corrected chi connectivity index (χ3v) is 3.26. The topological polar surface area (TPSA) is 111 Å². The molecule has 9 heteroatoms. The maximum atomic E-state index is 13.6. The van der Waals surface area contributed by atoms with Gasteiger partial charge in [0.15, 0.2) is 0 Å². The van der Waals surface area contributed by atoms with Crippen LogP contribution in [0.25, 0.3) is 0 Å². The van der Waals surface area contributed by atoms with Crippen LogP contribution in [0.4, 0.5) is 9.18 Å². The van der Waals surface area contributed by atoms with Crippen molar-refractivity contribution >= 4 is 16.3 Å². The smallest absolute Gasteiger partial charge is 0.421 e. The molecule has 0 aliphatic heterocycles. The average Bonchev–Trinajstić information content (AvgIpc) is 2.36. The summed E-state index contributed by atoms with van der Waals surface area (Å²) in [4.78, 5) is 11.0. The van der Waals surface area contributed by atoms with Crippen LogP contribution in [-0.4, -0.2) is 21.1 Å². The van der Waals surface area contributed by atoms with Gasteiger partial charge < -0.3 is 10.5 Å². The van der Waals surface area contributed by atoms with Gasteiger partial charge >= 0.3 is 16.3 Å². The number of ether oxygens (including phenoxy) is 1. The maximum absolute atomic E-state index is 13.6. The summed E-state index contributed by atoms with van der Waals surface area (Å²) in [5, 5.41) is 0. The molecule has 4 N–H and O–H groups in total. The second-order valence-electron chi connectivity index (χ2n) is 3.78. The van der Waals surface area contributed by atoms with Gasteiger partial charge in [-0.1, -0.05) is 12.1 Å². The summed E-state index contributed by atoms with van der Waals surface area (Å²) in [6.45, 7) is 1.46. The van der Waals surface area contributed by atoms with E-state index in [2.05, 4.69) is 4.74 Å². The molecule has 20 heavy (non-hydrogen) atoms. The van der Waals surface area contributed by atoms with E-state index in [1.54, 1.807) is 10.8 Å². The van der Waals surface area contributed by atoms with Crippen molar-refractivity contribution in [3.63, 3.8) is 0 Å². The average molecular weight is 305 g/mol. The van der Waals surface area contributed by atoms with Crippen LogP contribution in [0.5, 0.6) is 0 Å². The van der Waals surface area contributed by atoms with Crippen LogP contribution in [0.2, 0.25) is 0 Å². The predicted molar refractivity (Wildman–Crippen MR) is 70.2 cm³/mol. The molecule has 0 aliphatic rings. The molecular formula is C11H16FN3O4S. The minimum absolute atomic E-state index is 0.0382. The van der Waals surface area contributed by atoms with Crippen molar-refractivity contribution in [3.05, 3.63) is 35.1 Å². The second-order valence-corrected chi connectivity index (χ2v) is 5.28. The summed E-state index contributed by atoms with van der Waals surface area (Å²) < 4.78 is 44.6. The number of carbonyl (C=O) groups is 1. The van der Waals surface area contributed by atoms with Crippen molar-refractivity contribution in [1.29, 1.82) is 0 Å². The van der Waals surface area contributed by atoms with E-state index in [9.17, 15) is 17.6 Å². The van der Waals surface area contributed by atoms with E-state index >= 15 is 0 Å². The lowest BCUT2D eigenvalue weighted by molar-refractivity contribution is 0.158. The summed E-state index contributed by atoms with van der Waals surface area (Å²) in [6, 6.07) is 4.23. The molecule has 112 valence electrons. The molecule has 1 aromatic carbocycles. The molecule has 0 atom stereocenters. The Balaban J connectivity index is 2.64. The Labute approximate surface area is 116 Å². The number of benzene rings is 1. The quantitative estimate of drug-likeness (QED) is 0.703. The summed E-state index contributed by atoms with van der Waals surface area (Å²) in [5.74, 6) is -0.577. The molecule has 0 fully saturated rings. The standard InChI is InChI=1S/C11H16FN3O4S/c1-2-19-11(16)15-20(17,18)14-7-9-4-3-8(6-13)5-10(9)12/h3-5,14H,2,6-7,13H2,1H3,(H,15,16). The highest BCUT2D eigenvalue weighted by Gasteiger charge is 2.15. The number of hydrogen-bond donors (Lipinski definition) is 3. The van der Waals surface area contributed by atoms with Gasteiger partial charge in [0.1, 0.15) is 5.82 Å². The monoisotopic (exact) mass is 305 g/mol. The molecule has 0 radical (unpaired) electrons. The zero-order chi connectivity index (χ0) is 15.2. The molecule has 0 saturated heterocycles. The van der Waals surface area contributed by atoms with E-state index in [4.69, 9.17) is 5.73 Å². The van der Waals surface area contributed by atoms with Gasteiger partial charge in [0.05, 0.1) is 6.61 Å². The summed E-state index contributed by atoms with van der Waals surface area (Å²) in [7, 11) is -4.10. The minimum Gasteiger partial charge on any atom is -0.449 e. The first-order valence-electron chi connectivity index (χ1n) is 5.79. The van der Waals surface area contributed by atoms with Crippen molar-refractivity contribution in [2.75, 3.05) is 6.61 Å². The number of nitrogens with two attached hydrogens (primary N) is 1. The van der Waals surface area contributed by atoms with Crippen molar-refractivity contribution in [2.45, 2.75) is 20.0 Å². The van der Waals surface area contributed by atoms with E-state index < -0.39 is 22.1 Å². The number of nitrogens with one attached hydrogen (secondary N) is 2. The number of carbonyl (C=O) groups excluding carboxylic acids is 1. The third-order valence-electron chi connectivity index (χ3n) is 2.30. The predicted octanol–water partition coefficient (Wildman–Crippen LogP) is 0.365. The van der Waals surface area contributed by atoms with Gasteiger partial charge in [0.25, 0.3) is 0 Å². The molecule has 0 saturated carbocycles. The number of hydrogen-bond acceptors (Lipinski definition) is 5. The third kappa shape index (κ3) is 5.11. The fourth-order valence-electron chi connectivity index (χ4n) is 1.34. The zero-order valence-electron chi connectivity index (χ0n) is 10.8. The van der Waals surface area contributed by atoms with Crippen molar-refractivity contribution in [2.24, 2.45) is 5.73 Å². The lowest BCUT2D eigenvalue weighted by Crippen LogP contribution is -2.40. The first kappa shape index (κ1) is 16.3. The molecular weight excluding hydrogens is 289 g/mol. The maximum Gasteiger partial charge on any atom is 0.421 e. The number of amides is 1. The fourth-order valence-corrected chi connectivity index (χ4v) is 2.04. The first-order valence-corrected chi connectivity index (χ1v) is 7.27. The molecule has 0 aromatic heterocycles. The molecule has 1 rings (SSSR count). The molecule has 7 nitrogen and oxygen atoms in total. The fraction of sp³-hybridized carbons (Fsp3) is 0.364. The van der Waals surface area contributed by atoms with E-state index in [-0.39, 0.29) is 25.3 Å². The highest BCUT2D eigenvalue weighted by molar-refractivity contribution is 7.88. The molecule has 0 aliphatic carbocycles. The Morgan fingerprint density at radius 2 is 2.15 bits per heavy atom. The van der Waals surface area contributed by atoms with Crippen molar-refractivity contribution in [3.8, 4) is 0 Å². The molecule has 0 bridgehead atoms. The van der Waals surface area contributed by atoms with Gasteiger partial charge in [0.2, 0.25) is 0 Å². The van der Waals surface area contributed by atoms with Gasteiger partial charge in [-0.2, -0.15) is 13.1 Å². The molecule has 1 amide bonds. The van der Waals surface area contributed by atoms with Crippen molar-refractivity contribution < 1.29 is 22.3 Å². The van der Waals surface area contributed by atoms with Gasteiger partial charge in [0, 0.05) is 18.7 Å². The Morgan fingerprint density at radius 3 is 2.70 bits per heavy atom. The lowest BCUT2D eigenvalue weighted by Gasteiger charge is -2.09. The lowest BCUT2D eigenvalue weighted by atomic mass is 10.1. The summed E-state index contributed by atoms with van der Waals surface area (Å²) in [5.41, 5.74) is 6.09. The van der Waals surface area contributed by atoms with Gasteiger partial charge in [-0.05, 0) is 18.6 Å². The minimum atomic E-state index is -4.10. The van der Waals surface area contributed by atoms with E-state index in [1.807, 2.05) is 4.72 Å². The second kappa shape index (κ2) is 7.17. The van der Waals surface area contributed by atoms with Crippen LogP contribution in [0, 0.1) is 5.82 Å². The normalized spacial score (nSPS) is 11.2. The summed E-state index contributed by atoms with van der Waals surface area (Å²) in [6.07, 6.45) is -1.10. The Morgan fingerprint density at radius 1 is 1.45 bits per heavy atom. The van der Waals surface area contributed by atoms with Crippen LogP contribution < -0.4 is 15.2 Å². The van der Waals surface area contributed by atoms with E-state index in [0.717, 1.165) is 0 Å². The van der Waals surface area contributed by atoms with Crippen LogP contribution in [-0.2, 0) is 28.0 Å². The first-order chi connectivity index (χ1) is 9.38. The highest BCUT2D eigenvalue weighted by atomic mass is 32.2. The van der Waals surface area contributed by atoms with E-state index in [1.165, 1.54) is 19.1 Å². The largest absolute Gasteiger partial charge is 0.449 e. The van der Waals surface area contributed by atoms with Gasteiger partial charge in [-0.15, -0.1) is 0 Å². The van der Waals surface area contributed by atoms with Gasteiger partial charge in [-0.25, -0.2) is 13.9 Å². The van der Waals surface area contributed by atoms with Crippen molar-refractivity contribution in [1.82, 2.24) is 9.44 Å². The Bertz CT molecular complexity index is 577. The Kier molecular flexibility index (Phi) is 5.86. The zero-order valence-corrected chi connectivity index (χ0v) is 11.7. The number of halogens is 1. The number of rotatable bonds is 6. The van der Waals surface area contributed by atoms with Crippen LogP contribution in [0.3, 0.4) is 0 Å². The molecule has 1 aromatic rings. The van der Waals surface area contributed by atoms with Crippen LogP contribution >= 0.6 is 0 Å². The molecule has 0 heterocycles. The van der Waals surface area contributed by atoms with Gasteiger partial charge in [-0.3, -0.25) is 0 Å². The van der Waals surface area contributed by atoms with Crippen LogP contribution in [0.1, 0.15) is 18.1 Å². The highest BCUT2D eigenvalue weighted by Crippen LogP contribution is 2.10. The van der Waals surface area contributed by atoms with E-state index in [0.29, 0.717) is 5.56 Å². The SMILES string of the molecule is CCOC(=O)NS(=O)(=O)NCc1ccc(CN)cc1F.